The summed E-state index contributed by atoms with van der Waals surface area (Å²) in [6.07, 6.45) is -4.73. The van der Waals surface area contributed by atoms with Gasteiger partial charge in [-0.05, 0) is 40.8 Å². The van der Waals surface area contributed by atoms with E-state index in [1.54, 1.807) is 28.7 Å². The summed E-state index contributed by atoms with van der Waals surface area (Å²) in [7, 11) is 0. The molecule has 1 rings (SSSR count). The fourth-order valence-electron chi connectivity index (χ4n) is 0.776. The summed E-state index contributed by atoms with van der Waals surface area (Å²) < 4.78 is 39.6. The summed E-state index contributed by atoms with van der Waals surface area (Å²) in [6, 6.07) is 5.59. The minimum atomic E-state index is -4.73. The Morgan fingerprint density at radius 1 is 1.36 bits per heavy atom. The monoisotopic (exact) mass is 313 g/mol. The van der Waals surface area contributed by atoms with Crippen LogP contribution in [0.2, 0.25) is 0 Å². The van der Waals surface area contributed by atoms with Crippen molar-refractivity contribution in [3.8, 4) is 11.8 Å². The van der Waals surface area contributed by atoms with Crippen LogP contribution in [0.25, 0.3) is 0 Å². The van der Waals surface area contributed by atoms with Crippen LogP contribution in [0.15, 0.2) is 18.2 Å². The Hall–Kier alpha value is -0.970. The number of hydrogen-bond donors (Lipinski definition) is 0. The van der Waals surface area contributed by atoms with Crippen LogP contribution in [0.4, 0.5) is 13.2 Å². The minimum absolute atomic E-state index is 0.129. The second kappa shape index (κ2) is 4.04. The standard InChI is InChI=1S/C8H3F3INO/c9-8(10,11)14-7-3-5(4-13)1-2-6(7)12/h1-3H. The van der Waals surface area contributed by atoms with Gasteiger partial charge < -0.3 is 4.74 Å². The third-order valence-corrected chi connectivity index (χ3v) is 2.18. The van der Waals surface area contributed by atoms with Crippen LogP contribution in [0.1, 0.15) is 5.56 Å². The number of nitriles is 1. The third kappa shape index (κ3) is 3.06. The lowest BCUT2D eigenvalue weighted by atomic mass is 10.2. The molecule has 0 spiro atoms. The van der Waals surface area contributed by atoms with E-state index >= 15 is 0 Å². The van der Waals surface area contributed by atoms with E-state index in [-0.39, 0.29) is 11.3 Å². The van der Waals surface area contributed by atoms with E-state index in [4.69, 9.17) is 5.26 Å². The fraction of sp³-hybridized carbons (Fsp3) is 0.125. The van der Waals surface area contributed by atoms with Gasteiger partial charge >= 0.3 is 6.36 Å². The molecule has 0 aliphatic rings. The molecule has 0 saturated heterocycles. The van der Waals surface area contributed by atoms with Crippen molar-refractivity contribution in [3.63, 3.8) is 0 Å². The molecule has 1 aromatic carbocycles. The summed E-state index contributed by atoms with van der Waals surface area (Å²) in [5.41, 5.74) is 0.129. The molecule has 0 aromatic heterocycles. The van der Waals surface area contributed by atoms with Gasteiger partial charge in [0, 0.05) is 0 Å². The van der Waals surface area contributed by atoms with E-state index in [0.717, 1.165) is 6.07 Å². The van der Waals surface area contributed by atoms with E-state index in [1.165, 1.54) is 12.1 Å². The Morgan fingerprint density at radius 2 is 2.00 bits per heavy atom. The molecule has 6 heteroatoms. The Kier molecular flexibility index (Phi) is 3.21. The second-order valence-electron chi connectivity index (χ2n) is 2.30. The van der Waals surface area contributed by atoms with Gasteiger partial charge in [0.05, 0.1) is 15.2 Å². The largest absolute Gasteiger partial charge is 0.573 e. The topological polar surface area (TPSA) is 33.0 Å². The molecule has 0 aliphatic carbocycles. The van der Waals surface area contributed by atoms with Gasteiger partial charge in [-0.2, -0.15) is 5.26 Å². The van der Waals surface area contributed by atoms with Crippen LogP contribution in [0.3, 0.4) is 0 Å². The smallest absolute Gasteiger partial charge is 0.405 e. The summed E-state index contributed by atoms with van der Waals surface area (Å²) in [6.45, 7) is 0. The molecule has 14 heavy (non-hydrogen) atoms. The number of alkyl halides is 3. The van der Waals surface area contributed by atoms with Crippen molar-refractivity contribution in [3.05, 3.63) is 27.3 Å². The molecule has 74 valence electrons. The number of benzene rings is 1. The SMILES string of the molecule is N#Cc1ccc(I)c(OC(F)(F)F)c1. The highest BCUT2D eigenvalue weighted by Crippen LogP contribution is 2.28. The number of ether oxygens (including phenoxy) is 1. The van der Waals surface area contributed by atoms with Gasteiger partial charge in [0.2, 0.25) is 0 Å². The van der Waals surface area contributed by atoms with Gasteiger partial charge in [-0.1, -0.05) is 0 Å². The molecule has 0 radical (unpaired) electrons. The van der Waals surface area contributed by atoms with Gasteiger partial charge in [0.1, 0.15) is 5.75 Å². The Morgan fingerprint density at radius 3 is 2.50 bits per heavy atom. The molecular formula is C8H3F3INO. The molecule has 0 bridgehead atoms. The number of rotatable bonds is 1. The van der Waals surface area contributed by atoms with Gasteiger partial charge in [0.25, 0.3) is 0 Å². The minimum Gasteiger partial charge on any atom is -0.405 e. The quantitative estimate of drug-likeness (QED) is 0.747. The molecule has 0 aliphatic heterocycles. The zero-order valence-corrected chi connectivity index (χ0v) is 8.76. The highest BCUT2D eigenvalue weighted by atomic mass is 127. The maximum Gasteiger partial charge on any atom is 0.573 e. The number of nitrogens with zero attached hydrogens (tertiary/aromatic N) is 1. The Bertz CT molecular complexity index is 383. The average Bonchev–Trinajstić information content (AvgIpc) is 2.06. The lowest BCUT2D eigenvalue weighted by Gasteiger charge is -2.10. The summed E-state index contributed by atoms with van der Waals surface area (Å²) >= 11 is 1.70. The maximum atomic E-state index is 11.8. The second-order valence-corrected chi connectivity index (χ2v) is 3.47. The molecule has 2 nitrogen and oxygen atoms in total. The van der Waals surface area contributed by atoms with Crippen molar-refractivity contribution >= 4 is 22.6 Å². The molecule has 0 unspecified atom stereocenters. The molecular weight excluding hydrogens is 310 g/mol. The van der Waals surface area contributed by atoms with Crippen LogP contribution in [0, 0.1) is 14.9 Å². The van der Waals surface area contributed by atoms with Gasteiger partial charge in [-0.15, -0.1) is 13.2 Å². The lowest BCUT2D eigenvalue weighted by Crippen LogP contribution is -2.17. The highest BCUT2D eigenvalue weighted by Gasteiger charge is 2.31. The summed E-state index contributed by atoms with van der Waals surface area (Å²) in [5.74, 6) is -0.350. The molecule has 0 heterocycles. The first-order valence-electron chi connectivity index (χ1n) is 3.38. The number of hydrogen-bond acceptors (Lipinski definition) is 2. The van der Waals surface area contributed by atoms with Crippen molar-refractivity contribution in [2.75, 3.05) is 0 Å². The average molecular weight is 313 g/mol. The molecule has 0 N–H and O–H groups in total. The highest BCUT2D eigenvalue weighted by molar-refractivity contribution is 14.1. The zero-order chi connectivity index (χ0) is 10.8. The van der Waals surface area contributed by atoms with Crippen LogP contribution >= 0.6 is 22.6 Å². The van der Waals surface area contributed by atoms with Crippen LogP contribution in [-0.2, 0) is 0 Å². The fourth-order valence-corrected chi connectivity index (χ4v) is 1.22. The van der Waals surface area contributed by atoms with Crippen LogP contribution in [-0.4, -0.2) is 6.36 Å². The lowest BCUT2D eigenvalue weighted by molar-refractivity contribution is -0.274. The molecule has 0 fully saturated rings. The predicted molar refractivity (Wildman–Crippen MR) is 50.6 cm³/mol. The first-order valence-corrected chi connectivity index (χ1v) is 4.45. The molecule has 0 amide bonds. The van der Waals surface area contributed by atoms with Crippen LogP contribution in [0.5, 0.6) is 5.75 Å². The molecule has 0 saturated carbocycles. The van der Waals surface area contributed by atoms with Gasteiger partial charge in [0.15, 0.2) is 0 Å². The van der Waals surface area contributed by atoms with Crippen molar-refractivity contribution in [2.45, 2.75) is 6.36 Å². The molecule has 1 aromatic rings. The molecule has 0 atom stereocenters. The van der Waals surface area contributed by atoms with E-state index < -0.39 is 6.36 Å². The zero-order valence-electron chi connectivity index (χ0n) is 6.60. The summed E-state index contributed by atoms with van der Waals surface area (Å²) in [5, 5.41) is 8.46. The van der Waals surface area contributed by atoms with E-state index in [0.29, 0.717) is 3.57 Å². The maximum absolute atomic E-state index is 11.8. The van der Waals surface area contributed by atoms with Crippen molar-refractivity contribution in [1.82, 2.24) is 0 Å². The predicted octanol–water partition coefficient (Wildman–Crippen LogP) is 3.06. The van der Waals surface area contributed by atoms with E-state index in [2.05, 4.69) is 4.74 Å². The first kappa shape index (κ1) is 11.1. The van der Waals surface area contributed by atoms with Gasteiger partial charge in [-0.3, -0.25) is 0 Å². The third-order valence-electron chi connectivity index (χ3n) is 1.29. The Labute approximate surface area is 91.4 Å². The van der Waals surface area contributed by atoms with Crippen molar-refractivity contribution < 1.29 is 17.9 Å². The van der Waals surface area contributed by atoms with Crippen molar-refractivity contribution in [2.24, 2.45) is 0 Å². The normalized spacial score (nSPS) is 10.8. The van der Waals surface area contributed by atoms with Crippen molar-refractivity contribution in [1.29, 1.82) is 5.26 Å². The Balaban J connectivity index is 3.03. The van der Waals surface area contributed by atoms with Gasteiger partial charge in [-0.25, -0.2) is 0 Å². The number of halogens is 4. The van der Waals surface area contributed by atoms with Crippen LogP contribution < -0.4 is 4.74 Å². The van der Waals surface area contributed by atoms with E-state index in [1.807, 2.05) is 0 Å². The summed E-state index contributed by atoms with van der Waals surface area (Å²) in [4.78, 5) is 0. The van der Waals surface area contributed by atoms with E-state index in [9.17, 15) is 13.2 Å². The first-order chi connectivity index (χ1) is 6.42.